The molecule has 0 spiro atoms. The molecule has 1 saturated heterocycles. The SMILES string of the molecule is Cc1ccc(C(=O)N2CCSC(c3cc(F)ccc3F)CC2)cc1. The van der Waals surface area contributed by atoms with E-state index >= 15 is 0 Å². The number of hydrogen-bond acceptors (Lipinski definition) is 2. The molecule has 1 aliphatic heterocycles. The maximum absolute atomic E-state index is 14.0. The predicted molar refractivity (Wildman–Crippen MR) is 93.3 cm³/mol. The molecule has 0 aliphatic carbocycles. The Morgan fingerprint density at radius 2 is 1.88 bits per heavy atom. The molecule has 5 heteroatoms. The van der Waals surface area contributed by atoms with Crippen LogP contribution < -0.4 is 0 Å². The summed E-state index contributed by atoms with van der Waals surface area (Å²) in [4.78, 5) is 14.4. The van der Waals surface area contributed by atoms with Gasteiger partial charge in [-0.25, -0.2) is 8.78 Å². The second-order valence-corrected chi connectivity index (χ2v) is 7.28. The summed E-state index contributed by atoms with van der Waals surface area (Å²) in [5, 5.41) is -0.128. The van der Waals surface area contributed by atoms with E-state index in [1.165, 1.54) is 12.1 Å². The fourth-order valence-electron chi connectivity index (χ4n) is 2.86. The van der Waals surface area contributed by atoms with Gasteiger partial charge in [-0.1, -0.05) is 17.7 Å². The summed E-state index contributed by atoms with van der Waals surface area (Å²) in [6.45, 7) is 3.14. The van der Waals surface area contributed by atoms with Crippen molar-refractivity contribution < 1.29 is 13.6 Å². The van der Waals surface area contributed by atoms with Gasteiger partial charge in [0.25, 0.3) is 5.91 Å². The van der Waals surface area contributed by atoms with E-state index in [-0.39, 0.29) is 17.0 Å². The minimum atomic E-state index is -0.427. The van der Waals surface area contributed by atoms with Gasteiger partial charge in [-0.3, -0.25) is 4.79 Å². The van der Waals surface area contributed by atoms with Crippen molar-refractivity contribution in [3.8, 4) is 0 Å². The monoisotopic (exact) mass is 347 g/mol. The van der Waals surface area contributed by atoms with Crippen LogP contribution in [0.2, 0.25) is 0 Å². The molecule has 0 aromatic heterocycles. The number of amides is 1. The zero-order valence-electron chi connectivity index (χ0n) is 13.5. The Bertz CT molecular complexity index is 733. The van der Waals surface area contributed by atoms with Gasteiger partial charge in [0.2, 0.25) is 0 Å². The van der Waals surface area contributed by atoms with Crippen LogP contribution in [-0.4, -0.2) is 29.6 Å². The summed E-state index contributed by atoms with van der Waals surface area (Å²) < 4.78 is 27.4. The van der Waals surface area contributed by atoms with Gasteiger partial charge in [-0.15, -0.1) is 0 Å². The van der Waals surface area contributed by atoms with Crippen molar-refractivity contribution in [2.45, 2.75) is 18.6 Å². The molecule has 2 nitrogen and oxygen atoms in total. The third-order valence-electron chi connectivity index (χ3n) is 4.23. The van der Waals surface area contributed by atoms with E-state index in [0.29, 0.717) is 36.4 Å². The fourth-order valence-corrected chi connectivity index (χ4v) is 4.10. The highest BCUT2D eigenvalue weighted by Gasteiger charge is 2.24. The molecule has 1 fully saturated rings. The largest absolute Gasteiger partial charge is 0.338 e. The van der Waals surface area contributed by atoms with Gasteiger partial charge in [-0.05, 0) is 43.7 Å². The Labute approximate surface area is 144 Å². The van der Waals surface area contributed by atoms with Crippen LogP contribution in [0.5, 0.6) is 0 Å². The van der Waals surface area contributed by atoms with Crippen LogP contribution in [-0.2, 0) is 0 Å². The minimum Gasteiger partial charge on any atom is -0.338 e. The maximum atomic E-state index is 14.0. The number of carbonyl (C=O) groups is 1. The zero-order chi connectivity index (χ0) is 17.1. The van der Waals surface area contributed by atoms with Crippen molar-refractivity contribution in [2.75, 3.05) is 18.8 Å². The van der Waals surface area contributed by atoms with Crippen LogP contribution in [0.25, 0.3) is 0 Å². The van der Waals surface area contributed by atoms with E-state index in [1.807, 2.05) is 31.2 Å². The van der Waals surface area contributed by atoms with Crippen LogP contribution in [0.3, 0.4) is 0 Å². The van der Waals surface area contributed by atoms with Crippen molar-refractivity contribution in [3.63, 3.8) is 0 Å². The molecular weight excluding hydrogens is 328 g/mol. The Morgan fingerprint density at radius 1 is 1.12 bits per heavy atom. The van der Waals surface area contributed by atoms with Crippen LogP contribution in [0.15, 0.2) is 42.5 Å². The average Bonchev–Trinajstić information content (AvgIpc) is 2.83. The molecule has 0 bridgehead atoms. The van der Waals surface area contributed by atoms with E-state index in [4.69, 9.17) is 0 Å². The molecule has 0 saturated carbocycles. The highest BCUT2D eigenvalue weighted by atomic mass is 32.2. The van der Waals surface area contributed by atoms with Gasteiger partial charge in [0.05, 0.1) is 0 Å². The molecule has 0 N–H and O–H groups in total. The molecule has 1 amide bonds. The van der Waals surface area contributed by atoms with Gasteiger partial charge >= 0.3 is 0 Å². The van der Waals surface area contributed by atoms with E-state index < -0.39 is 5.82 Å². The summed E-state index contributed by atoms with van der Waals surface area (Å²) in [5.74, 6) is -0.106. The molecule has 1 heterocycles. The van der Waals surface area contributed by atoms with Crippen molar-refractivity contribution in [3.05, 3.63) is 70.8 Å². The van der Waals surface area contributed by atoms with Gasteiger partial charge < -0.3 is 4.90 Å². The first-order chi connectivity index (χ1) is 11.5. The number of aryl methyl sites for hydroxylation is 1. The van der Waals surface area contributed by atoms with Crippen molar-refractivity contribution in [2.24, 2.45) is 0 Å². The normalized spacial score (nSPS) is 18.3. The number of hydrogen-bond donors (Lipinski definition) is 0. The van der Waals surface area contributed by atoms with Crippen LogP contribution in [0.4, 0.5) is 8.78 Å². The molecule has 2 aromatic carbocycles. The Morgan fingerprint density at radius 3 is 2.62 bits per heavy atom. The maximum Gasteiger partial charge on any atom is 0.253 e. The van der Waals surface area contributed by atoms with Crippen LogP contribution in [0, 0.1) is 18.6 Å². The number of rotatable bonds is 2. The predicted octanol–water partition coefficient (Wildman–Crippen LogP) is 4.59. The van der Waals surface area contributed by atoms with Gasteiger partial charge in [-0.2, -0.15) is 11.8 Å². The number of halogens is 2. The average molecular weight is 347 g/mol. The van der Waals surface area contributed by atoms with Crippen molar-refractivity contribution in [1.82, 2.24) is 4.90 Å². The van der Waals surface area contributed by atoms with Gasteiger partial charge in [0, 0.05) is 35.2 Å². The van der Waals surface area contributed by atoms with Crippen LogP contribution >= 0.6 is 11.8 Å². The standard InChI is InChI=1S/C19H19F2NOS/c1-13-2-4-14(5-3-13)19(23)22-9-8-18(24-11-10-22)16-12-15(20)6-7-17(16)21/h2-7,12,18H,8-11H2,1H3. The summed E-state index contributed by atoms with van der Waals surface area (Å²) in [6.07, 6.45) is 0.614. The zero-order valence-corrected chi connectivity index (χ0v) is 14.3. The quantitative estimate of drug-likeness (QED) is 0.792. The lowest BCUT2D eigenvalue weighted by Gasteiger charge is -2.20. The minimum absolute atomic E-state index is 0.00374. The third-order valence-corrected chi connectivity index (χ3v) is 5.54. The van der Waals surface area contributed by atoms with Gasteiger partial charge in [0.1, 0.15) is 11.6 Å². The molecule has 1 aliphatic rings. The van der Waals surface area contributed by atoms with E-state index in [9.17, 15) is 13.6 Å². The summed E-state index contributed by atoms with van der Waals surface area (Å²) in [5.41, 5.74) is 2.17. The van der Waals surface area contributed by atoms with Crippen molar-refractivity contribution >= 4 is 17.7 Å². The van der Waals surface area contributed by atoms with Crippen LogP contribution in [0.1, 0.15) is 33.2 Å². The molecule has 126 valence electrons. The second-order valence-electron chi connectivity index (χ2n) is 5.97. The third kappa shape index (κ3) is 3.78. The first kappa shape index (κ1) is 17.0. The number of nitrogens with zero attached hydrogens (tertiary/aromatic N) is 1. The Hall–Kier alpha value is -1.88. The molecule has 0 radical (unpaired) electrons. The summed E-state index contributed by atoms with van der Waals surface area (Å²) >= 11 is 1.58. The number of carbonyl (C=O) groups excluding carboxylic acids is 1. The van der Waals surface area contributed by atoms with Gasteiger partial charge in [0.15, 0.2) is 0 Å². The molecular formula is C19H19F2NOS. The molecule has 2 aromatic rings. The molecule has 1 atom stereocenters. The highest BCUT2D eigenvalue weighted by Crippen LogP contribution is 2.36. The topological polar surface area (TPSA) is 20.3 Å². The number of thioether (sulfide) groups is 1. The molecule has 1 unspecified atom stereocenters. The fraction of sp³-hybridized carbons (Fsp3) is 0.316. The van der Waals surface area contributed by atoms with E-state index in [1.54, 1.807) is 16.7 Å². The first-order valence-electron chi connectivity index (χ1n) is 7.97. The lowest BCUT2D eigenvalue weighted by atomic mass is 10.1. The second kappa shape index (κ2) is 7.34. The lowest BCUT2D eigenvalue weighted by Crippen LogP contribution is -2.32. The Kier molecular flexibility index (Phi) is 5.19. The summed E-state index contributed by atoms with van der Waals surface area (Å²) in [7, 11) is 0. The van der Waals surface area contributed by atoms with E-state index in [2.05, 4.69) is 0 Å². The first-order valence-corrected chi connectivity index (χ1v) is 9.02. The van der Waals surface area contributed by atoms with E-state index in [0.717, 1.165) is 11.6 Å². The summed E-state index contributed by atoms with van der Waals surface area (Å²) in [6, 6.07) is 11.1. The smallest absolute Gasteiger partial charge is 0.253 e. The lowest BCUT2D eigenvalue weighted by molar-refractivity contribution is 0.0766. The van der Waals surface area contributed by atoms with Crippen molar-refractivity contribution in [1.29, 1.82) is 0 Å². The Balaban J connectivity index is 1.72. The molecule has 24 heavy (non-hydrogen) atoms. The number of benzene rings is 2. The highest BCUT2D eigenvalue weighted by molar-refractivity contribution is 7.99. The molecule has 3 rings (SSSR count).